The highest BCUT2D eigenvalue weighted by molar-refractivity contribution is 7.89. The van der Waals surface area contributed by atoms with Gasteiger partial charge in [0, 0.05) is 33.0 Å². The topological polar surface area (TPSA) is 95.2 Å². The summed E-state index contributed by atoms with van der Waals surface area (Å²) in [7, 11) is -3.56. The number of aryl methyl sites for hydroxylation is 1. The number of nitrogens with one attached hydrogen (secondary N) is 2. The van der Waals surface area contributed by atoms with Crippen molar-refractivity contribution in [1.29, 1.82) is 0 Å². The average molecular weight is 314 g/mol. The van der Waals surface area contributed by atoms with E-state index in [1.54, 1.807) is 11.8 Å². The number of hydrogen-bond donors (Lipinski definition) is 2. The summed E-state index contributed by atoms with van der Waals surface area (Å²) in [4.78, 5) is 19.9. The molecule has 2 N–H and O–H groups in total. The molecule has 0 aromatic carbocycles. The minimum absolute atomic E-state index is 0.0451. The first-order chi connectivity index (χ1) is 9.92. The average Bonchev–Trinajstić information content (AvgIpc) is 2.95. The maximum absolute atomic E-state index is 12.2. The van der Waals surface area contributed by atoms with Gasteiger partial charge in [0.05, 0.1) is 6.20 Å². The van der Waals surface area contributed by atoms with E-state index in [2.05, 4.69) is 14.7 Å². The maximum Gasteiger partial charge on any atom is 0.257 e. The van der Waals surface area contributed by atoms with Crippen LogP contribution >= 0.6 is 0 Å². The van der Waals surface area contributed by atoms with Crippen LogP contribution in [0.25, 0.3) is 0 Å². The zero-order chi connectivity index (χ0) is 15.5. The molecule has 0 aliphatic carbocycles. The van der Waals surface area contributed by atoms with Crippen molar-refractivity contribution < 1.29 is 13.2 Å². The maximum atomic E-state index is 12.2. The first-order valence-electron chi connectivity index (χ1n) is 7.21. The van der Waals surface area contributed by atoms with Crippen molar-refractivity contribution in [3.8, 4) is 0 Å². The predicted octanol–water partition coefficient (Wildman–Crippen LogP) is 0.509. The summed E-state index contributed by atoms with van der Waals surface area (Å²) in [5.41, 5.74) is 0. The minimum atomic E-state index is -3.56. The first kappa shape index (κ1) is 16.0. The fourth-order valence-corrected chi connectivity index (χ4v) is 3.54. The molecule has 118 valence electrons. The lowest BCUT2D eigenvalue weighted by molar-refractivity contribution is -0.130. The largest absolute Gasteiger partial charge is 0.343 e. The van der Waals surface area contributed by atoms with Crippen molar-refractivity contribution in [1.82, 2.24) is 19.6 Å². The van der Waals surface area contributed by atoms with E-state index in [4.69, 9.17) is 0 Å². The number of rotatable bonds is 5. The quantitative estimate of drug-likeness (QED) is 0.828. The third kappa shape index (κ3) is 4.04. The highest BCUT2D eigenvalue weighted by atomic mass is 32.2. The van der Waals surface area contributed by atoms with Gasteiger partial charge >= 0.3 is 0 Å². The molecule has 1 atom stereocenters. The summed E-state index contributed by atoms with van der Waals surface area (Å²) in [6.07, 6.45) is 3.83. The third-order valence-electron chi connectivity index (χ3n) is 3.76. The smallest absolute Gasteiger partial charge is 0.257 e. The van der Waals surface area contributed by atoms with Crippen LogP contribution in [0.1, 0.15) is 32.5 Å². The van der Waals surface area contributed by atoms with Crippen molar-refractivity contribution in [2.45, 2.75) is 38.1 Å². The van der Waals surface area contributed by atoms with Gasteiger partial charge in [0.2, 0.25) is 5.91 Å². The highest BCUT2D eigenvalue weighted by Gasteiger charge is 2.24. The summed E-state index contributed by atoms with van der Waals surface area (Å²) >= 11 is 0. The van der Waals surface area contributed by atoms with E-state index in [-0.39, 0.29) is 16.9 Å². The monoisotopic (exact) mass is 314 g/mol. The molecule has 1 fully saturated rings. The van der Waals surface area contributed by atoms with Crippen molar-refractivity contribution in [2.75, 3.05) is 19.6 Å². The van der Waals surface area contributed by atoms with Crippen LogP contribution in [0.3, 0.4) is 0 Å². The van der Waals surface area contributed by atoms with E-state index >= 15 is 0 Å². The van der Waals surface area contributed by atoms with E-state index in [0.717, 1.165) is 19.4 Å². The Bertz CT molecular complexity index is 596. The summed E-state index contributed by atoms with van der Waals surface area (Å²) in [5, 5.41) is 0.0959. The van der Waals surface area contributed by atoms with Crippen molar-refractivity contribution in [3.63, 3.8) is 0 Å². The Labute approximate surface area is 125 Å². The van der Waals surface area contributed by atoms with E-state index < -0.39 is 10.0 Å². The lowest BCUT2D eigenvalue weighted by Gasteiger charge is -2.32. The van der Waals surface area contributed by atoms with Crippen molar-refractivity contribution >= 4 is 15.9 Å². The predicted molar refractivity (Wildman–Crippen MR) is 78.1 cm³/mol. The first-order valence-corrected chi connectivity index (χ1v) is 8.69. The van der Waals surface area contributed by atoms with Gasteiger partial charge in [0.1, 0.15) is 5.82 Å². The Morgan fingerprint density at radius 3 is 2.95 bits per heavy atom. The van der Waals surface area contributed by atoms with Crippen molar-refractivity contribution in [3.05, 3.63) is 12.0 Å². The summed E-state index contributed by atoms with van der Waals surface area (Å²) in [6.45, 7) is 5.16. The Kier molecular flexibility index (Phi) is 5.00. The number of H-pyrrole nitrogens is 1. The van der Waals surface area contributed by atoms with Crippen LogP contribution in [0.5, 0.6) is 0 Å². The number of carbonyl (C=O) groups is 1. The molecule has 7 nitrogen and oxygen atoms in total. The molecule has 2 heterocycles. The molecule has 0 radical (unpaired) electrons. The molecule has 2 rings (SSSR count). The zero-order valence-corrected chi connectivity index (χ0v) is 13.2. The van der Waals surface area contributed by atoms with Crippen LogP contribution in [0, 0.1) is 5.92 Å². The number of likely N-dealkylation sites (tertiary alicyclic amines) is 1. The Morgan fingerprint density at radius 1 is 1.57 bits per heavy atom. The van der Waals surface area contributed by atoms with Gasteiger partial charge in [-0.3, -0.25) is 4.79 Å². The molecule has 1 aliphatic heterocycles. The van der Waals surface area contributed by atoms with Gasteiger partial charge in [-0.15, -0.1) is 0 Å². The Morgan fingerprint density at radius 2 is 2.33 bits per heavy atom. The number of sulfonamides is 1. The Hall–Kier alpha value is -1.41. The fourth-order valence-electron chi connectivity index (χ4n) is 2.48. The third-order valence-corrected chi connectivity index (χ3v) is 5.09. The van der Waals surface area contributed by atoms with Gasteiger partial charge in [0.25, 0.3) is 10.0 Å². The van der Waals surface area contributed by atoms with E-state index in [1.165, 1.54) is 6.20 Å². The molecule has 0 spiro atoms. The second kappa shape index (κ2) is 6.57. The number of hydrogen-bond acceptors (Lipinski definition) is 4. The highest BCUT2D eigenvalue weighted by Crippen LogP contribution is 2.16. The Balaban J connectivity index is 1.93. The van der Waals surface area contributed by atoms with Crippen LogP contribution in [0.15, 0.2) is 11.2 Å². The van der Waals surface area contributed by atoms with Crippen LogP contribution < -0.4 is 4.72 Å². The molecular weight excluding hydrogens is 292 g/mol. The van der Waals surface area contributed by atoms with Gasteiger partial charge in [-0.25, -0.2) is 18.1 Å². The second-order valence-electron chi connectivity index (χ2n) is 5.37. The van der Waals surface area contributed by atoms with E-state index in [9.17, 15) is 13.2 Å². The van der Waals surface area contributed by atoms with Gasteiger partial charge < -0.3 is 9.88 Å². The molecule has 1 aliphatic rings. The number of nitrogens with zero attached hydrogens (tertiary/aromatic N) is 2. The number of carbonyl (C=O) groups excluding carboxylic acids is 1. The number of imidazole rings is 1. The van der Waals surface area contributed by atoms with Crippen molar-refractivity contribution in [2.24, 2.45) is 5.92 Å². The molecule has 1 unspecified atom stereocenters. The standard InChI is InChI=1S/C13H22N4O3S/c1-3-12-14-8-13(16-12)21(19,20)15-7-11-5-4-6-17(9-11)10(2)18/h8,11,15H,3-7,9H2,1-2H3,(H,14,16). The molecule has 0 saturated carbocycles. The second-order valence-corrected chi connectivity index (χ2v) is 7.11. The van der Waals surface area contributed by atoms with Crippen LogP contribution in [0.4, 0.5) is 0 Å². The van der Waals surface area contributed by atoms with E-state index in [0.29, 0.717) is 25.3 Å². The number of amides is 1. The van der Waals surface area contributed by atoms with Gasteiger partial charge in [-0.05, 0) is 18.8 Å². The molecule has 1 aromatic heterocycles. The zero-order valence-electron chi connectivity index (χ0n) is 12.4. The number of aromatic nitrogens is 2. The molecule has 0 bridgehead atoms. The van der Waals surface area contributed by atoms with Gasteiger partial charge in [0.15, 0.2) is 5.03 Å². The van der Waals surface area contributed by atoms with Gasteiger partial charge in [-0.2, -0.15) is 0 Å². The van der Waals surface area contributed by atoms with Gasteiger partial charge in [-0.1, -0.05) is 6.92 Å². The summed E-state index contributed by atoms with van der Waals surface area (Å²) < 4.78 is 26.9. The molecule has 1 aromatic rings. The fraction of sp³-hybridized carbons (Fsp3) is 0.692. The number of piperidine rings is 1. The molecule has 8 heteroatoms. The molecule has 21 heavy (non-hydrogen) atoms. The summed E-state index contributed by atoms with van der Waals surface area (Å²) in [6, 6.07) is 0. The SMILES string of the molecule is CCc1ncc(S(=O)(=O)NCC2CCCN(C(C)=O)C2)[nH]1. The summed E-state index contributed by atoms with van der Waals surface area (Å²) in [5.74, 6) is 0.852. The number of aromatic amines is 1. The van der Waals surface area contributed by atoms with Crippen LogP contribution in [0.2, 0.25) is 0 Å². The van der Waals surface area contributed by atoms with Crippen LogP contribution in [-0.4, -0.2) is 48.8 Å². The molecule has 1 amide bonds. The molecular formula is C13H22N4O3S. The van der Waals surface area contributed by atoms with E-state index in [1.807, 2.05) is 6.92 Å². The lowest BCUT2D eigenvalue weighted by Crippen LogP contribution is -2.42. The molecule has 1 saturated heterocycles. The lowest BCUT2D eigenvalue weighted by atomic mass is 9.98. The van der Waals surface area contributed by atoms with Crippen LogP contribution in [-0.2, 0) is 21.2 Å². The minimum Gasteiger partial charge on any atom is -0.343 e. The normalized spacial score (nSPS) is 19.7.